The molecule has 2 aliphatic carbocycles. The van der Waals surface area contributed by atoms with Gasteiger partial charge >= 0.3 is 0 Å². The highest BCUT2D eigenvalue weighted by molar-refractivity contribution is 9.09. The van der Waals surface area contributed by atoms with Gasteiger partial charge in [0.2, 0.25) is 0 Å². The van der Waals surface area contributed by atoms with E-state index in [9.17, 15) is 0 Å². The fourth-order valence-electron chi connectivity index (χ4n) is 3.51. The first kappa shape index (κ1) is 10.9. The first-order chi connectivity index (χ1) is 6.77. The lowest BCUT2D eigenvalue weighted by atomic mass is 9.65. The summed E-state index contributed by atoms with van der Waals surface area (Å²) in [5.74, 6) is 0.813. The molecule has 0 aliphatic heterocycles. The molecule has 2 aliphatic rings. The van der Waals surface area contributed by atoms with Crippen LogP contribution < -0.4 is 0 Å². The maximum Gasteiger partial charge on any atom is 0.0496 e. The van der Waals surface area contributed by atoms with Crippen molar-refractivity contribution in [3.63, 3.8) is 0 Å². The Bertz CT molecular complexity index is 187. The number of hydrogen-bond acceptors (Lipinski definition) is 1. The van der Waals surface area contributed by atoms with Gasteiger partial charge in [-0.25, -0.2) is 0 Å². The summed E-state index contributed by atoms with van der Waals surface area (Å²) >= 11 is 3.77. The molecule has 1 spiro atoms. The van der Waals surface area contributed by atoms with Gasteiger partial charge in [0.15, 0.2) is 0 Å². The Labute approximate surface area is 95.7 Å². The van der Waals surface area contributed by atoms with Crippen LogP contribution in [0.1, 0.15) is 44.9 Å². The lowest BCUT2D eigenvalue weighted by molar-refractivity contribution is 0.0311. The molecule has 2 rings (SSSR count). The minimum atomic E-state index is 0.667. The normalized spacial score (nSPS) is 36.4. The molecule has 82 valence electrons. The quantitative estimate of drug-likeness (QED) is 0.688. The second kappa shape index (κ2) is 4.52. The van der Waals surface area contributed by atoms with Crippen LogP contribution in [0.25, 0.3) is 0 Å². The first-order valence-electron chi connectivity index (χ1n) is 5.90. The van der Waals surface area contributed by atoms with Gasteiger partial charge < -0.3 is 4.74 Å². The summed E-state index contributed by atoms with van der Waals surface area (Å²) in [4.78, 5) is 0.744. The smallest absolute Gasteiger partial charge is 0.0496 e. The minimum Gasteiger partial charge on any atom is -0.384 e. The molecular formula is C12H21BrO. The van der Waals surface area contributed by atoms with E-state index in [0.29, 0.717) is 5.41 Å². The van der Waals surface area contributed by atoms with Crippen molar-refractivity contribution >= 4 is 15.9 Å². The van der Waals surface area contributed by atoms with Crippen molar-refractivity contribution in [3.05, 3.63) is 0 Å². The van der Waals surface area contributed by atoms with Crippen LogP contribution in [0.4, 0.5) is 0 Å². The van der Waals surface area contributed by atoms with Gasteiger partial charge in [-0.15, -0.1) is 0 Å². The van der Waals surface area contributed by atoms with E-state index in [-0.39, 0.29) is 0 Å². The van der Waals surface area contributed by atoms with E-state index in [1.165, 1.54) is 44.9 Å². The number of halogens is 1. The molecule has 0 bridgehead atoms. The van der Waals surface area contributed by atoms with Gasteiger partial charge in [0.1, 0.15) is 0 Å². The molecular weight excluding hydrogens is 240 g/mol. The van der Waals surface area contributed by atoms with Crippen molar-refractivity contribution in [2.45, 2.75) is 49.8 Å². The maximum absolute atomic E-state index is 5.40. The minimum absolute atomic E-state index is 0.667. The number of ether oxygens (including phenoxy) is 1. The summed E-state index contributed by atoms with van der Waals surface area (Å²) < 4.78 is 5.40. The van der Waals surface area contributed by atoms with Crippen LogP contribution in [-0.2, 0) is 4.74 Å². The van der Waals surface area contributed by atoms with Gasteiger partial charge in [0.25, 0.3) is 0 Å². The van der Waals surface area contributed by atoms with Crippen molar-refractivity contribution in [1.82, 2.24) is 0 Å². The second-order valence-corrected chi connectivity index (χ2v) is 6.39. The summed E-state index contributed by atoms with van der Waals surface area (Å²) in [5.41, 5.74) is 0.667. The Morgan fingerprint density at radius 1 is 1.29 bits per heavy atom. The molecule has 2 heteroatoms. The SMILES string of the molecule is COCC1CC(Br)CCC12CCCC2. The van der Waals surface area contributed by atoms with Crippen LogP contribution in [0.3, 0.4) is 0 Å². The van der Waals surface area contributed by atoms with Crippen LogP contribution >= 0.6 is 15.9 Å². The molecule has 2 atom stereocenters. The zero-order valence-electron chi connectivity index (χ0n) is 9.10. The van der Waals surface area contributed by atoms with Crippen LogP contribution in [0.15, 0.2) is 0 Å². The van der Waals surface area contributed by atoms with Gasteiger partial charge in [-0.05, 0) is 43.4 Å². The molecule has 1 nitrogen and oxygen atoms in total. The number of methoxy groups -OCH3 is 1. The van der Waals surface area contributed by atoms with Crippen molar-refractivity contribution in [2.24, 2.45) is 11.3 Å². The van der Waals surface area contributed by atoms with Crippen molar-refractivity contribution in [2.75, 3.05) is 13.7 Å². The lowest BCUT2D eigenvalue weighted by Gasteiger charge is -2.43. The van der Waals surface area contributed by atoms with Gasteiger partial charge in [-0.2, -0.15) is 0 Å². The van der Waals surface area contributed by atoms with E-state index >= 15 is 0 Å². The monoisotopic (exact) mass is 260 g/mol. The molecule has 2 saturated carbocycles. The Balaban J connectivity index is 2.05. The van der Waals surface area contributed by atoms with Gasteiger partial charge in [-0.1, -0.05) is 28.8 Å². The topological polar surface area (TPSA) is 9.23 Å². The molecule has 0 aromatic heterocycles. The standard InChI is InChI=1S/C12H21BrO/c1-14-9-10-8-11(13)4-7-12(10)5-2-3-6-12/h10-11H,2-9H2,1H3. The molecule has 0 heterocycles. The molecule has 0 N–H and O–H groups in total. The summed E-state index contributed by atoms with van der Waals surface area (Å²) in [6.07, 6.45) is 9.95. The van der Waals surface area contributed by atoms with Crippen molar-refractivity contribution < 1.29 is 4.74 Å². The lowest BCUT2D eigenvalue weighted by Crippen LogP contribution is -2.37. The zero-order chi connectivity index (χ0) is 10.0. The third-order valence-electron chi connectivity index (χ3n) is 4.33. The molecule has 2 fully saturated rings. The van der Waals surface area contributed by atoms with E-state index in [4.69, 9.17) is 4.74 Å². The van der Waals surface area contributed by atoms with Crippen molar-refractivity contribution in [1.29, 1.82) is 0 Å². The predicted octanol–water partition coefficient (Wildman–Crippen LogP) is 3.76. The molecule has 0 aromatic carbocycles. The van der Waals surface area contributed by atoms with Crippen LogP contribution in [0.5, 0.6) is 0 Å². The van der Waals surface area contributed by atoms with Gasteiger partial charge in [-0.3, -0.25) is 0 Å². The Kier molecular flexibility index (Phi) is 3.54. The third kappa shape index (κ3) is 2.01. The van der Waals surface area contributed by atoms with Crippen LogP contribution in [0.2, 0.25) is 0 Å². The molecule has 14 heavy (non-hydrogen) atoms. The molecule has 2 unspecified atom stereocenters. The van der Waals surface area contributed by atoms with Crippen LogP contribution in [0, 0.1) is 11.3 Å². The number of rotatable bonds is 2. The highest BCUT2D eigenvalue weighted by atomic mass is 79.9. The summed E-state index contributed by atoms with van der Waals surface area (Å²) in [6.45, 7) is 0.974. The fraction of sp³-hybridized carbons (Fsp3) is 1.00. The summed E-state index contributed by atoms with van der Waals surface area (Å²) in [5, 5.41) is 0. The van der Waals surface area contributed by atoms with E-state index < -0.39 is 0 Å². The van der Waals surface area contributed by atoms with Gasteiger partial charge in [0, 0.05) is 18.5 Å². The summed E-state index contributed by atoms with van der Waals surface area (Å²) in [6, 6.07) is 0. The Hall–Kier alpha value is 0.440. The fourth-order valence-corrected chi connectivity index (χ4v) is 4.19. The number of hydrogen-bond donors (Lipinski definition) is 0. The Morgan fingerprint density at radius 3 is 2.64 bits per heavy atom. The molecule has 0 amide bonds. The van der Waals surface area contributed by atoms with E-state index in [0.717, 1.165) is 17.4 Å². The Morgan fingerprint density at radius 2 is 2.00 bits per heavy atom. The third-order valence-corrected chi connectivity index (χ3v) is 5.16. The average Bonchev–Trinajstić information content (AvgIpc) is 2.62. The van der Waals surface area contributed by atoms with Gasteiger partial charge in [0.05, 0.1) is 0 Å². The summed E-state index contributed by atoms with van der Waals surface area (Å²) in [7, 11) is 1.85. The molecule has 0 radical (unpaired) electrons. The molecule has 0 saturated heterocycles. The zero-order valence-corrected chi connectivity index (χ0v) is 10.7. The maximum atomic E-state index is 5.40. The van der Waals surface area contributed by atoms with E-state index in [1.54, 1.807) is 0 Å². The largest absolute Gasteiger partial charge is 0.384 e. The molecule has 0 aromatic rings. The predicted molar refractivity (Wildman–Crippen MR) is 62.8 cm³/mol. The average molecular weight is 261 g/mol. The first-order valence-corrected chi connectivity index (χ1v) is 6.81. The van der Waals surface area contributed by atoms with E-state index in [1.807, 2.05) is 7.11 Å². The highest BCUT2D eigenvalue weighted by Crippen LogP contribution is 2.53. The number of alkyl halides is 1. The highest BCUT2D eigenvalue weighted by Gasteiger charge is 2.44. The van der Waals surface area contributed by atoms with E-state index in [2.05, 4.69) is 15.9 Å². The van der Waals surface area contributed by atoms with Crippen LogP contribution in [-0.4, -0.2) is 18.5 Å². The van der Waals surface area contributed by atoms with Crippen molar-refractivity contribution in [3.8, 4) is 0 Å². The second-order valence-electron chi connectivity index (χ2n) is 5.09.